The van der Waals surface area contributed by atoms with E-state index in [0.717, 1.165) is 5.56 Å². The molecule has 2 amide bonds. The van der Waals surface area contributed by atoms with Crippen molar-refractivity contribution in [2.75, 3.05) is 10.6 Å². The molecule has 162 valence electrons. The molecule has 3 heterocycles. The highest BCUT2D eigenvalue weighted by Crippen LogP contribution is 2.25. The van der Waals surface area contributed by atoms with E-state index in [9.17, 15) is 4.79 Å². The van der Waals surface area contributed by atoms with E-state index in [4.69, 9.17) is 11.6 Å². The van der Waals surface area contributed by atoms with Gasteiger partial charge in [-0.25, -0.2) is 14.8 Å². The number of para-hydroxylation sites is 1. The third kappa shape index (κ3) is 4.65. The van der Waals surface area contributed by atoms with Gasteiger partial charge in [0.1, 0.15) is 11.5 Å². The lowest BCUT2D eigenvalue weighted by Gasteiger charge is -2.08. The Labute approximate surface area is 194 Å². The Balaban J connectivity index is 1.52. The van der Waals surface area contributed by atoms with Crippen LogP contribution in [0.3, 0.4) is 0 Å². The first-order valence-electron chi connectivity index (χ1n) is 10.2. The Morgan fingerprint density at radius 3 is 2.48 bits per heavy atom. The van der Waals surface area contributed by atoms with Crippen LogP contribution in [-0.2, 0) is 6.54 Å². The molecule has 9 heteroatoms. The highest BCUT2D eigenvalue weighted by molar-refractivity contribution is 6.31. The second-order valence-electron chi connectivity index (χ2n) is 7.21. The molecule has 3 aromatic heterocycles. The van der Waals surface area contributed by atoms with Crippen molar-refractivity contribution in [2.45, 2.75) is 6.54 Å². The summed E-state index contributed by atoms with van der Waals surface area (Å²) in [5.41, 5.74) is 2.60. The van der Waals surface area contributed by atoms with Crippen LogP contribution in [0.15, 0.2) is 85.2 Å². The Morgan fingerprint density at radius 2 is 1.70 bits per heavy atom. The summed E-state index contributed by atoms with van der Waals surface area (Å²) in [7, 11) is 0. The van der Waals surface area contributed by atoms with Crippen molar-refractivity contribution in [1.82, 2.24) is 24.7 Å². The van der Waals surface area contributed by atoms with Crippen LogP contribution in [0, 0.1) is 0 Å². The fourth-order valence-electron chi connectivity index (χ4n) is 3.33. The van der Waals surface area contributed by atoms with E-state index in [1.807, 2.05) is 54.6 Å². The number of halogens is 1. The van der Waals surface area contributed by atoms with E-state index >= 15 is 0 Å². The SMILES string of the molecule is O=C(Nc1ccccc1)Nc1nc(-c2ccccn2)nc2nn(Cc3ccccc3Cl)cc12. The minimum atomic E-state index is -0.424. The second-order valence-corrected chi connectivity index (χ2v) is 7.62. The fraction of sp³-hybridized carbons (Fsp3) is 0.0417. The van der Waals surface area contributed by atoms with Gasteiger partial charge >= 0.3 is 6.03 Å². The molecule has 0 fully saturated rings. The van der Waals surface area contributed by atoms with Crippen LogP contribution in [-0.4, -0.2) is 30.8 Å². The first kappa shape index (κ1) is 20.6. The molecule has 5 aromatic rings. The Hall–Kier alpha value is -4.30. The summed E-state index contributed by atoms with van der Waals surface area (Å²) in [6, 6.07) is 21.8. The summed E-state index contributed by atoms with van der Waals surface area (Å²) in [6.07, 6.45) is 3.45. The number of hydrogen-bond acceptors (Lipinski definition) is 5. The lowest BCUT2D eigenvalue weighted by Crippen LogP contribution is -2.20. The van der Waals surface area contributed by atoms with Crippen molar-refractivity contribution < 1.29 is 4.79 Å². The molecule has 0 radical (unpaired) electrons. The Kier molecular flexibility index (Phi) is 5.65. The molecule has 0 bridgehead atoms. The van der Waals surface area contributed by atoms with Gasteiger partial charge < -0.3 is 5.32 Å². The summed E-state index contributed by atoms with van der Waals surface area (Å²) < 4.78 is 1.73. The number of amides is 2. The number of carbonyl (C=O) groups excluding carboxylic acids is 1. The normalized spacial score (nSPS) is 10.8. The first-order valence-corrected chi connectivity index (χ1v) is 10.6. The van der Waals surface area contributed by atoms with E-state index in [-0.39, 0.29) is 0 Å². The number of nitrogens with zero attached hydrogens (tertiary/aromatic N) is 5. The number of carbonyl (C=O) groups is 1. The van der Waals surface area contributed by atoms with Gasteiger partial charge in [-0.3, -0.25) is 15.0 Å². The van der Waals surface area contributed by atoms with E-state index in [1.54, 1.807) is 35.3 Å². The topological polar surface area (TPSA) is 97.6 Å². The average molecular weight is 456 g/mol. The van der Waals surface area contributed by atoms with Crippen LogP contribution in [0.2, 0.25) is 5.02 Å². The zero-order valence-electron chi connectivity index (χ0n) is 17.3. The number of nitrogens with one attached hydrogen (secondary N) is 2. The molecule has 0 spiro atoms. The fourth-order valence-corrected chi connectivity index (χ4v) is 3.53. The second kappa shape index (κ2) is 9.05. The number of anilines is 2. The van der Waals surface area contributed by atoms with Gasteiger partial charge in [0, 0.05) is 23.1 Å². The van der Waals surface area contributed by atoms with E-state index in [1.165, 1.54) is 0 Å². The van der Waals surface area contributed by atoms with Crippen LogP contribution >= 0.6 is 11.6 Å². The standard InChI is InChI=1S/C24H18ClN7O/c25-19-11-5-4-8-16(19)14-32-15-18-21(30-24(33)27-17-9-2-1-3-10-17)28-23(29-22(18)31-32)20-12-6-7-13-26-20/h1-13,15H,14H2,(H2,27,28,29,30,31,33). The number of fused-ring (bicyclic) bond motifs is 1. The molecular formula is C24H18ClN7O. The zero-order chi connectivity index (χ0) is 22.6. The summed E-state index contributed by atoms with van der Waals surface area (Å²) in [6.45, 7) is 0.449. The summed E-state index contributed by atoms with van der Waals surface area (Å²) >= 11 is 6.31. The van der Waals surface area contributed by atoms with E-state index < -0.39 is 6.03 Å². The minimum Gasteiger partial charge on any atom is -0.308 e. The van der Waals surface area contributed by atoms with Gasteiger partial charge in [0.2, 0.25) is 0 Å². The number of urea groups is 1. The van der Waals surface area contributed by atoms with Crippen molar-refractivity contribution in [3.8, 4) is 11.5 Å². The van der Waals surface area contributed by atoms with Crippen molar-refractivity contribution in [3.63, 3.8) is 0 Å². The highest BCUT2D eigenvalue weighted by Gasteiger charge is 2.16. The van der Waals surface area contributed by atoms with Crippen molar-refractivity contribution in [1.29, 1.82) is 0 Å². The molecule has 2 N–H and O–H groups in total. The minimum absolute atomic E-state index is 0.333. The number of hydrogen-bond donors (Lipinski definition) is 2. The third-order valence-corrected chi connectivity index (χ3v) is 5.24. The maximum atomic E-state index is 12.7. The maximum Gasteiger partial charge on any atom is 0.324 e. The van der Waals surface area contributed by atoms with Crippen LogP contribution in [0.25, 0.3) is 22.6 Å². The van der Waals surface area contributed by atoms with Crippen LogP contribution in [0.5, 0.6) is 0 Å². The van der Waals surface area contributed by atoms with Gasteiger partial charge in [-0.15, -0.1) is 0 Å². The van der Waals surface area contributed by atoms with Gasteiger partial charge in [0.05, 0.1) is 11.9 Å². The average Bonchev–Trinajstić information content (AvgIpc) is 3.24. The van der Waals surface area contributed by atoms with Crippen molar-refractivity contribution >= 4 is 40.2 Å². The molecule has 0 saturated carbocycles. The van der Waals surface area contributed by atoms with Gasteiger partial charge in [0.25, 0.3) is 0 Å². The lowest BCUT2D eigenvalue weighted by molar-refractivity contribution is 0.262. The molecule has 0 atom stereocenters. The summed E-state index contributed by atoms with van der Waals surface area (Å²) in [5, 5.41) is 11.5. The monoisotopic (exact) mass is 455 g/mol. The lowest BCUT2D eigenvalue weighted by atomic mass is 10.2. The molecule has 0 aliphatic heterocycles. The van der Waals surface area contributed by atoms with Crippen molar-refractivity contribution in [3.05, 3.63) is 95.8 Å². The van der Waals surface area contributed by atoms with Gasteiger partial charge in [-0.05, 0) is 35.9 Å². The predicted octanol–water partition coefficient (Wildman–Crippen LogP) is 5.23. The maximum absolute atomic E-state index is 12.7. The number of pyridine rings is 1. The number of benzene rings is 2. The largest absolute Gasteiger partial charge is 0.324 e. The Bertz CT molecular complexity index is 1420. The number of rotatable bonds is 5. The molecule has 5 rings (SSSR count). The van der Waals surface area contributed by atoms with Gasteiger partial charge in [-0.2, -0.15) is 5.10 Å². The molecule has 33 heavy (non-hydrogen) atoms. The highest BCUT2D eigenvalue weighted by atomic mass is 35.5. The Morgan fingerprint density at radius 1 is 0.909 bits per heavy atom. The van der Waals surface area contributed by atoms with Crippen molar-refractivity contribution in [2.24, 2.45) is 0 Å². The van der Waals surface area contributed by atoms with Gasteiger partial charge in [-0.1, -0.05) is 54.1 Å². The molecular weight excluding hydrogens is 438 g/mol. The van der Waals surface area contributed by atoms with Crippen LogP contribution < -0.4 is 10.6 Å². The molecule has 0 aliphatic carbocycles. The van der Waals surface area contributed by atoms with Crippen LogP contribution in [0.1, 0.15) is 5.56 Å². The summed E-state index contributed by atoms with van der Waals surface area (Å²) in [5.74, 6) is 0.695. The molecule has 8 nitrogen and oxygen atoms in total. The molecule has 2 aromatic carbocycles. The molecule has 0 saturated heterocycles. The third-order valence-electron chi connectivity index (χ3n) is 4.87. The van der Waals surface area contributed by atoms with Crippen LogP contribution in [0.4, 0.5) is 16.3 Å². The zero-order valence-corrected chi connectivity index (χ0v) is 18.1. The molecule has 0 unspecified atom stereocenters. The molecule has 0 aliphatic rings. The number of aromatic nitrogens is 5. The van der Waals surface area contributed by atoms with Gasteiger partial charge in [0.15, 0.2) is 11.5 Å². The smallest absolute Gasteiger partial charge is 0.308 e. The summed E-state index contributed by atoms with van der Waals surface area (Å²) in [4.78, 5) is 26.1. The van der Waals surface area contributed by atoms with E-state index in [0.29, 0.717) is 45.6 Å². The quantitative estimate of drug-likeness (QED) is 0.378. The van der Waals surface area contributed by atoms with E-state index in [2.05, 4.69) is 30.7 Å². The first-order chi connectivity index (χ1) is 16.2. The predicted molar refractivity (Wildman–Crippen MR) is 128 cm³/mol.